The van der Waals surface area contributed by atoms with E-state index in [0.717, 1.165) is 12.1 Å². The van der Waals surface area contributed by atoms with E-state index in [1.807, 2.05) is 0 Å². The van der Waals surface area contributed by atoms with Crippen LogP contribution in [0.1, 0.15) is 5.56 Å². The third-order valence-electron chi connectivity index (χ3n) is 2.97. The SMILES string of the molecule is Cl.NCCn1cc(-c2ccc(OCC(F)F)c(C(F)(F)F)c2)cn1. The van der Waals surface area contributed by atoms with E-state index < -0.39 is 30.5 Å². The molecule has 24 heavy (non-hydrogen) atoms. The molecule has 0 amide bonds. The number of halogens is 6. The Bertz CT molecular complexity index is 660. The van der Waals surface area contributed by atoms with Gasteiger partial charge >= 0.3 is 6.18 Å². The van der Waals surface area contributed by atoms with Crippen LogP contribution in [0.15, 0.2) is 30.6 Å². The molecule has 1 heterocycles. The number of alkyl halides is 5. The summed E-state index contributed by atoms with van der Waals surface area (Å²) in [6.07, 6.45) is -4.61. The Morgan fingerprint density at radius 2 is 1.92 bits per heavy atom. The van der Waals surface area contributed by atoms with Crippen LogP contribution >= 0.6 is 12.4 Å². The molecule has 0 radical (unpaired) electrons. The van der Waals surface area contributed by atoms with Gasteiger partial charge in [-0.1, -0.05) is 6.07 Å². The smallest absolute Gasteiger partial charge is 0.419 e. The fourth-order valence-electron chi connectivity index (χ4n) is 1.98. The van der Waals surface area contributed by atoms with Crippen LogP contribution in [0, 0.1) is 0 Å². The lowest BCUT2D eigenvalue weighted by Crippen LogP contribution is -2.13. The summed E-state index contributed by atoms with van der Waals surface area (Å²) >= 11 is 0. The minimum Gasteiger partial charge on any atom is -0.487 e. The van der Waals surface area contributed by atoms with E-state index in [1.54, 1.807) is 6.20 Å². The quantitative estimate of drug-likeness (QED) is 0.789. The molecule has 2 N–H and O–H groups in total. The van der Waals surface area contributed by atoms with Gasteiger partial charge in [-0.3, -0.25) is 4.68 Å². The van der Waals surface area contributed by atoms with Crippen molar-refractivity contribution in [3.63, 3.8) is 0 Å². The predicted molar refractivity (Wildman–Crippen MR) is 80.5 cm³/mol. The van der Waals surface area contributed by atoms with Crippen molar-refractivity contribution in [2.24, 2.45) is 5.73 Å². The van der Waals surface area contributed by atoms with Gasteiger partial charge in [-0.2, -0.15) is 18.3 Å². The van der Waals surface area contributed by atoms with E-state index in [4.69, 9.17) is 5.73 Å². The number of nitrogens with zero attached hydrogens (tertiary/aromatic N) is 2. The molecule has 0 saturated heterocycles. The van der Waals surface area contributed by atoms with Gasteiger partial charge in [-0.25, -0.2) is 8.78 Å². The highest BCUT2D eigenvalue weighted by atomic mass is 35.5. The van der Waals surface area contributed by atoms with Crippen LogP contribution in [-0.2, 0) is 12.7 Å². The number of nitrogens with two attached hydrogens (primary N) is 1. The third-order valence-corrected chi connectivity index (χ3v) is 2.97. The highest BCUT2D eigenvalue weighted by Gasteiger charge is 2.35. The van der Waals surface area contributed by atoms with Crippen LogP contribution in [0.25, 0.3) is 11.1 Å². The molecule has 0 atom stereocenters. The van der Waals surface area contributed by atoms with Gasteiger partial charge in [0.25, 0.3) is 6.43 Å². The largest absolute Gasteiger partial charge is 0.487 e. The summed E-state index contributed by atoms with van der Waals surface area (Å²) in [4.78, 5) is 0. The average Bonchev–Trinajstić information content (AvgIpc) is 2.93. The zero-order valence-corrected chi connectivity index (χ0v) is 13.1. The van der Waals surface area contributed by atoms with E-state index in [1.165, 1.54) is 16.9 Å². The Hall–Kier alpha value is -1.87. The van der Waals surface area contributed by atoms with Crippen molar-refractivity contribution in [2.45, 2.75) is 19.1 Å². The van der Waals surface area contributed by atoms with Crippen LogP contribution in [0.3, 0.4) is 0 Å². The summed E-state index contributed by atoms with van der Waals surface area (Å²) in [7, 11) is 0. The first kappa shape index (κ1) is 20.2. The second kappa shape index (κ2) is 8.29. The number of hydrogen-bond acceptors (Lipinski definition) is 3. The molecular weight excluding hydrogens is 357 g/mol. The van der Waals surface area contributed by atoms with Crippen molar-refractivity contribution < 1.29 is 26.7 Å². The summed E-state index contributed by atoms with van der Waals surface area (Å²) in [5.74, 6) is -0.629. The molecule has 0 unspecified atom stereocenters. The molecule has 0 spiro atoms. The van der Waals surface area contributed by atoms with E-state index >= 15 is 0 Å². The van der Waals surface area contributed by atoms with Gasteiger partial charge in [0.05, 0.1) is 18.3 Å². The van der Waals surface area contributed by atoms with Crippen molar-refractivity contribution in [2.75, 3.05) is 13.2 Å². The minimum atomic E-state index is -4.72. The molecule has 0 bridgehead atoms. The Labute approximate surface area is 140 Å². The van der Waals surface area contributed by atoms with Crippen molar-refractivity contribution in [1.82, 2.24) is 9.78 Å². The van der Waals surface area contributed by atoms with E-state index in [0.29, 0.717) is 18.7 Å². The Morgan fingerprint density at radius 3 is 2.50 bits per heavy atom. The fourth-order valence-corrected chi connectivity index (χ4v) is 1.98. The normalized spacial score (nSPS) is 11.5. The molecular formula is C14H15ClF5N3O. The topological polar surface area (TPSA) is 53.1 Å². The number of ether oxygens (including phenoxy) is 1. The third kappa shape index (κ3) is 5.07. The lowest BCUT2D eigenvalue weighted by Gasteiger charge is -2.15. The molecule has 0 aliphatic carbocycles. The molecule has 1 aromatic heterocycles. The van der Waals surface area contributed by atoms with Crippen LogP contribution in [0.4, 0.5) is 22.0 Å². The second-order valence-electron chi connectivity index (χ2n) is 4.69. The minimum absolute atomic E-state index is 0. The summed E-state index contributed by atoms with van der Waals surface area (Å²) in [6.45, 7) is -0.325. The van der Waals surface area contributed by atoms with Gasteiger partial charge in [0.2, 0.25) is 0 Å². The summed E-state index contributed by atoms with van der Waals surface area (Å²) in [5, 5.41) is 3.98. The monoisotopic (exact) mass is 371 g/mol. The van der Waals surface area contributed by atoms with Gasteiger partial charge in [0.1, 0.15) is 12.4 Å². The lowest BCUT2D eigenvalue weighted by molar-refractivity contribution is -0.139. The Balaban J connectivity index is 0.00000288. The molecule has 134 valence electrons. The summed E-state index contributed by atoms with van der Waals surface area (Å²) < 4.78 is 69.6. The zero-order chi connectivity index (χ0) is 17.0. The van der Waals surface area contributed by atoms with E-state index in [9.17, 15) is 22.0 Å². The summed E-state index contributed by atoms with van der Waals surface area (Å²) in [6, 6.07) is 3.24. The van der Waals surface area contributed by atoms with Crippen LogP contribution in [-0.4, -0.2) is 29.4 Å². The molecule has 10 heteroatoms. The number of rotatable bonds is 6. The van der Waals surface area contributed by atoms with Gasteiger partial charge < -0.3 is 10.5 Å². The maximum atomic E-state index is 13.1. The zero-order valence-electron chi connectivity index (χ0n) is 12.3. The molecule has 2 aromatic rings. The van der Waals surface area contributed by atoms with Crippen molar-refractivity contribution >= 4 is 12.4 Å². The molecule has 1 aromatic carbocycles. The number of hydrogen-bond donors (Lipinski definition) is 1. The highest BCUT2D eigenvalue weighted by molar-refractivity contribution is 5.85. The van der Waals surface area contributed by atoms with E-state index in [2.05, 4.69) is 9.84 Å². The van der Waals surface area contributed by atoms with Gasteiger partial charge in [-0.15, -0.1) is 12.4 Å². The van der Waals surface area contributed by atoms with Crippen molar-refractivity contribution in [3.8, 4) is 16.9 Å². The van der Waals surface area contributed by atoms with Gasteiger partial charge in [0.15, 0.2) is 0 Å². The second-order valence-corrected chi connectivity index (χ2v) is 4.69. The first-order chi connectivity index (χ1) is 10.8. The Morgan fingerprint density at radius 1 is 1.21 bits per heavy atom. The number of aromatic nitrogens is 2. The Kier molecular flexibility index (Phi) is 6.97. The molecule has 0 saturated carbocycles. The highest BCUT2D eigenvalue weighted by Crippen LogP contribution is 2.38. The molecule has 2 rings (SSSR count). The predicted octanol–water partition coefficient (Wildman–Crippen LogP) is 3.59. The van der Waals surface area contributed by atoms with Crippen LogP contribution < -0.4 is 10.5 Å². The van der Waals surface area contributed by atoms with Crippen LogP contribution in [0.2, 0.25) is 0 Å². The van der Waals surface area contributed by atoms with Crippen molar-refractivity contribution in [3.05, 3.63) is 36.2 Å². The van der Waals surface area contributed by atoms with Crippen molar-refractivity contribution in [1.29, 1.82) is 0 Å². The maximum absolute atomic E-state index is 13.1. The molecule has 4 nitrogen and oxygen atoms in total. The first-order valence-corrected chi connectivity index (χ1v) is 6.66. The molecule has 0 aliphatic heterocycles. The standard InChI is InChI=1S/C14H14F5N3O.ClH/c15-13(16)8-23-12-2-1-9(5-11(12)14(17,18)19)10-6-21-22(7-10)4-3-20;/h1-2,5-7,13H,3-4,8,20H2;1H. The summed E-state index contributed by atoms with van der Waals surface area (Å²) in [5.41, 5.74) is 4.99. The maximum Gasteiger partial charge on any atom is 0.419 e. The first-order valence-electron chi connectivity index (χ1n) is 6.66. The van der Waals surface area contributed by atoms with Gasteiger partial charge in [-0.05, 0) is 17.7 Å². The average molecular weight is 372 g/mol. The van der Waals surface area contributed by atoms with E-state index in [-0.39, 0.29) is 18.0 Å². The fraction of sp³-hybridized carbons (Fsp3) is 0.357. The number of benzene rings is 1. The van der Waals surface area contributed by atoms with Gasteiger partial charge in [0, 0.05) is 18.3 Å². The molecule has 0 aliphatic rings. The van der Waals surface area contributed by atoms with Crippen LogP contribution in [0.5, 0.6) is 5.75 Å². The lowest BCUT2D eigenvalue weighted by atomic mass is 10.0. The molecule has 0 fully saturated rings.